The first kappa shape index (κ1) is 128. The number of methoxy groups -OCH3 is 4. The predicted octanol–water partition coefficient (Wildman–Crippen LogP) is -0.00480. The summed E-state index contributed by atoms with van der Waals surface area (Å²) in [4.78, 5) is 217. The minimum Gasteiger partial charge on any atom is -0.465 e. The van der Waals surface area contributed by atoms with Gasteiger partial charge in [-0.2, -0.15) is 17.6 Å². The monoisotopic (exact) mass is 1970 g/mol. The smallest absolute Gasteiger partial charge is 0.396 e. The minimum atomic E-state index is -3.28. The lowest BCUT2D eigenvalue weighted by Crippen LogP contribution is -2.44. The van der Waals surface area contributed by atoms with Gasteiger partial charge in [0.25, 0.3) is 16.7 Å². The molecule has 0 fully saturated rings. The largest absolute Gasteiger partial charge is 0.465 e. The summed E-state index contributed by atoms with van der Waals surface area (Å²) in [5.74, 6) is -14.9. The first-order valence-corrected chi connectivity index (χ1v) is 39.4. The van der Waals surface area contributed by atoms with Crippen LogP contribution in [0.4, 0.5) is 23.4 Å². The molecule has 3 amide bonds. The molecule has 6 heterocycles. The second-order valence-electron chi connectivity index (χ2n) is 22.8. The number of ether oxygens (including phenoxy) is 13. The Hall–Kier alpha value is -12.7. The van der Waals surface area contributed by atoms with Gasteiger partial charge in [-0.05, 0) is 98.2 Å². The van der Waals surface area contributed by atoms with Crippen LogP contribution in [-0.2, 0) is 162 Å². The van der Waals surface area contributed by atoms with Crippen LogP contribution in [0.2, 0.25) is 10.3 Å². The molecule has 6 aromatic rings. The Morgan fingerprint density at radius 3 is 1.11 bits per heavy atom. The number of carbonyl (C=O) groups excluding carboxylic acids is 13. The number of hydrogen-bond acceptors (Lipinski definition) is 40. The maximum atomic E-state index is 14.0. The molecule has 132 heavy (non-hydrogen) atoms. The fraction of sp³-hybridized carbons (Fsp3) is 0.487. The van der Waals surface area contributed by atoms with Crippen molar-refractivity contribution in [3.63, 3.8) is 0 Å². The lowest BCUT2D eigenvalue weighted by molar-refractivity contribution is -0.155. The Balaban J connectivity index is -0.000000461. The quantitative estimate of drug-likeness (QED) is 0.00640. The maximum Gasteiger partial charge on any atom is 0.396 e. The highest BCUT2D eigenvalue weighted by atomic mass is 35.5. The Morgan fingerprint density at radius 1 is 0.424 bits per heavy atom. The Kier molecular flexibility index (Phi) is 74.7. The second-order valence-corrected chi connectivity index (χ2v) is 23.9. The minimum absolute atomic E-state index is 0. The summed E-state index contributed by atoms with van der Waals surface area (Å²) in [5.41, 5.74) is 11.0. The highest BCUT2D eigenvalue weighted by molar-refractivity contribution is 6.80. The summed E-state index contributed by atoms with van der Waals surface area (Å²) in [6.45, 7) is 14.4. The number of nitrogens with zero attached hydrogens (tertiary/aromatic N) is 9. The van der Waals surface area contributed by atoms with Crippen LogP contribution in [0.5, 0.6) is 0 Å². The van der Waals surface area contributed by atoms with Crippen LogP contribution in [0.1, 0.15) is 73.7 Å². The van der Waals surface area contributed by atoms with E-state index in [1.54, 1.807) is 82.6 Å². The Bertz CT molecular complexity index is 4630. The van der Waals surface area contributed by atoms with Crippen LogP contribution in [0.25, 0.3) is 0 Å². The standard InChI is InChI=1S/C15H16F2N4O3.C10H18N2O6.2C8H9ClN2O3.C8H10N2O4.C8H13NO5.C7H8F2N2.C4H5ClO3.C4H11NO2.C4H9NO2.ClH/c1-2-24-12(22)9-21-8-7-19-13(14(21)23)20-10-15(16,17)11-5-3-4-6-18-11;1-4-18-7(13)5-11-9(14)10(15)12-6-8(16-2)17-3;2*1-2-14-6(12)5-11-4-3-10-7(9)8(11)13;1-2-14-6(11)5-10-4-3-9-7(12)8(10)13;1-3-13-6(10)5-9-7(11)8(12)14-4-2;8-7(9,5-10)6-3-1-2-4-11-6;1-2-8-4(7)3(5)6;1-6-4(3-5)7-2;1-2-7-4(6)3-5;/h3-8H,2,9-10H2,1H3,(H,19,20);8H,4-6H2,1-3H3,(H,11,14)(H,12,15);2*3-4H,2,5H2,1H3;3-4H,2,5H2,1H3,(H,9,12);3-5H2,1-2H3,(H,9,11);1-4H,5,10H2;2H2,1H3;4H,3,5H2,1-2H3;2-3,5H2,1H3;1H. The number of pyridine rings is 2. The van der Waals surface area contributed by atoms with Gasteiger partial charge in [0.1, 0.15) is 50.7 Å². The molecule has 740 valence electrons. The summed E-state index contributed by atoms with van der Waals surface area (Å²) >= 11 is 15.6. The zero-order chi connectivity index (χ0) is 100. The molecule has 0 aliphatic heterocycles. The normalized spacial score (nSPS) is 9.92. The van der Waals surface area contributed by atoms with Crippen LogP contribution >= 0.6 is 47.2 Å². The second kappa shape index (κ2) is 77.1. The van der Waals surface area contributed by atoms with E-state index in [2.05, 4.69) is 89.1 Å². The van der Waals surface area contributed by atoms with Gasteiger partial charge >= 0.3 is 99.7 Å². The van der Waals surface area contributed by atoms with E-state index in [1.807, 2.05) is 0 Å². The molecule has 6 rings (SSSR count). The van der Waals surface area contributed by atoms with Crippen molar-refractivity contribution in [1.82, 2.24) is 64.1 Å². The van der Waals surface area contributed by atoms with Crippen molar-refractivity contribution >= 4 is 130 Å². The summed E-state index contributed by atoms with van der Waals surface area (Å²) in [6.07, 6.45) is 12.3. The molecule has 11 N–H and O–H groups in total. The molecule has 0 radical (unpaired) electrons. The molecule has 6 aromatic heterocycles. The van der Waals surface area contributed by atoms with E-state index in [0.717, 1.165) is 18.3 Å². The van der Waals surface area contributed by atoms with Gasteiger partial charge in [0.05, 0.1) is 85.6 Å². The SMILES string of the molecule is CCOC(=O)C(=O)Cl.CCOC(=O)CN.CCOC(=O)CNC(=O)C(=O)NCC(OC)OC.CCOC(=O)CNC(=O)C(=O)OCC.CCOC(=O)Cn1cc[nH]c(=O)c1=O.CCOC(=O)Cn1ccnc(Cl)c1=O.CCOC(=O)Cn1ccnc(Cl)c1=O.CCOC(=O)Cn1ccnc(NCC(F)(F)c2ccccn2)c1=O.COC(CN)OC.Cl.NCC(F)(F)c1ccccn1. The van der Waals surface area contributed by atoms with Gasteiger partial charge in [-0.1, -0.05) is 35.3 Å². The molecule has 0 aliphatic carbocycles. The number of H-pyrrole nitrogens is 1. The Morgan fingerprint density at radius 2 is 0.773 bits per heavy atom. The van der Waals surface area contributed by atoms with Crippen molar-refractivity contribution in [3.8, 4) is 0 Å². The number of aromatic nitrogens is 10. The number of anilines is 1. The van der Waals surface area contributed by atoms with Crippen LogP contribution < -0.4 is 66.3 Å². The van der Waals surface area contributed by atoms with Crippen LogP contribution in [0.15, 0.2) is 122 Å². The third-order valence-electron chi connectivity index (χ3n) is 13.5. The lowest BCUT2D eigenvalue weighted by atomic mass is 10.2. The number of aromatic amines is 1. The van der Waals surface area contributed by atoms with Crippen molar-refractivity contribution < 1.29 is 141 Å². The van der Waals surface area contributed by atoms with E-state index in [9.17, 15) is 104 Å². The third-order valence-corrected chi connectivity index (χ3v) is 14.1. The summed E-state index contributed by atoms with van der Waals surface area (Å²) in [6, 6.07) is 8.51. The van der Waals surface area contributed by atoms with Crippen LogP contribution in [0.3, 0.4) is 0 Å². The van der Waals surface area contributed by atoms with Crippen molar-refractivity contribution in [2.45, 2.75) is 113 Å². The molecule has 0 spiro atoms. The molecule has 0 aliphatic rings. The number of halogens is 8. The number of esters is 9. The molecule has 0 bridgehead atoms. The molecule has 0 aromatic carbocycles. The molecule has 0 saturated heterocycles. The van der Waals surface area contributed by atoms with Gasteiger partial charge < -0.3 is 114 Å². The molecular formula is C76H109Cl4F4N17O31. The van der Waals surface area contributed by atoms with E-state index >= 15 is 0 Å². The number of rotatable bonds is 36. The number of alkyl halides is 4. The topological polar surface area (TPSA) is 653 Å². The number of nitrogens with one attached hydrogen (secondary N) is 5. The molecule has 0 unspecified atom stereocenters. The summed E-state index contributed by atoms with van der Waals surface area (Å²) < 4.78 is 118. The number of hydrogen-bond donors (Lipinski definition) is 8. The maximum absolute atomic E-state index is 14.0. The van der Waals surface area contributed by atoms with Gasteiger partial charge in [-0.3, -0.25) is 95.8 Å². The zero-order valence-corrected chi connectivity index (χ0v) is 77.1. The van der Waals surface area contributed by atoms with Gasteiger partial charge in [0.15, 0.2) is 28.7 Å². The van der Waals surface area contributed by atoms with Crippen molar-refractivity contribution in [3.05, 3.63) is 172 Å². The van der Waals surface area contributed by atoms with Crippen LogP contribution in [-0.4, -0.2) is 271 Å². The van der Waals surface area contributed by atoms with Gasteiger partial charge in [0.2, 0.25) is 0 Å². The van der Waals surface area contributed by atoms with E-state index in [-0.39, 0.29) is 152 Å². The van der Waals surface area contributed by atoms with E-state index in [1.165, 1.54) is 107 Å². The van der Waals surface area contributed by atoms with Gasteiger partial charge in [-0.25, -0.2) is 24.5 Å². The van der Waals surface area contributed by atoms with Gasteiger partial charge in [-0.15, -0.1) is 12.4 Å². The average molecular weight is 1970 g/mol. The summed E-state index contributed by atoms with van der Waals surface area (Å²) in [5, 5.41) is 7.39. The fourth-order valence-electron chi connectivity index (χ4n) is 7.60. The first-order chi connectivity index (χ1) is 62.0. The van der Waals surface area contributed by atoms with E-state index < -0.39 is 135 Å². The molecule has 0 atom stereocenters. The fourth-order valence-corrected chi connectivity index (χ4v) is 7.98. The van der Waals surface area contributed by atoms with Crippen molar-refractivity contribution in [2.24, 2.45) is 17.2 Å². The highest BCUT2D eigenvalue weighted by Crippen LogP contribution is 2.26. The molecule has 56 heteroatoms. The van der Waals surface area contributed by atoms with Crippen molar-refractivity contribution in [2.75, 3.05) is 139 Å². The highest BCUT2D eigenvalue weighted by Gasteiger charge is 2.34. The lowest BCUT2D eigenvalue weighted by Gasteiger charge is -2.16. The van der Waals surface area contributed by atoms with Crippen LogP contribution in [0, 0.1) is 0 Å². The van der Waals surface area contributed by atoms with E-state index in [0.29, 0.717) is 13.2 Å². The number of amides is 3. The predicted molar refractivity (Wildman–Crippen MR) is 461 cm³/mol. The first-order valence-electron chi connectivity index (χ1n) is 38.3. The third kappa shape index (κ3) is 60.3. The number of carbonyl (C=O) groups is 13. The molecule has 0 saturated carbocycles. The zero-order valence-electron chi connectivity index (χ0n) is 74.0. The number of nitrogens with two attached hydrogens (primary N) is 3. The summed E-state index contributed by atoms with van der Waals surface area (Å²) in [7, 11) is 5.92. The van der Waals surface area contributed by atoms with Gasteiger partial charge in [0, 0.05) is 97.0 Å². The van der Waals surface area contributed by atoms with E-state index in [4.69, 9.17) is 75.7 Å². The van der Waals surface area contributed by atoms with Crippen molar-refractivity contribution in [1.29, 1.82) is 0 Å². The molecule has 48 nitrogen and oxygen atoms in total. The molecular weight excluding hydrogens is 1860 g/mol. The Labute approximate surface area is 772 Å². The average Bonchev–Trinajstić information content (AvgIpc) is 0.825.